The van der Waals surface area contributed by atoms with Gasteiger partial charge in [0.2, 0.25) is 0 Å². The van der Waals surface area contributed by atoms with Crippen LogP contribution in [-0.4, -0.2) is 39.8 Å². The van der Waals surface area contributed by atoms with Gasteiger partial charge in [0, 0.05) is 6.07 Å². The number of aliphatic carboxylic acids is 1. The molecule has 0 bridgehead atoms. The van der Waals surface area contributed by atoms with E-state index in [4.69, 9.17) is 10.2 Å². The van der Waals surface area contributed by atoms with E-state index in [-0.39, 0.29) is 16.9 Å². The number of nitrogens with zero attached hydrogens (tertiary/aromatic N) is 1. The van der Waals surface area contributed by atoms with E-state index >= 15 is 0 Å². The number of nitrogens with one attached hydrogen (secondary N) is 2. The van der Waals surface area contributed by atoms with E-state index in [9.17, 15) is 19.7 Å². The van der Waals surface area contributed by atoms with Crippen LogP contribution < -0.4 is 10.6 Å². The summed E-state index contributed by atoms with van der Waals surface area (Å²) in [7, 11) is 0. The van der Waals surface area contributed by atoms with Crippen LogP contribution in [0.4, 0.5) is 16.2 Å². The maximum absolute atomic E-state index is 11.6. The Morgan fingerprint density at radius 3 is 2.60 bits per heavy atom. The Morgan fingerprint density at radius 2 is 2.10 bits per heavy atom. The number of anilines is 1. The molecule has 2 amide bonds. The maximum atomic E-state index is 11.6. The Morgan fingerprint density at radius 1 is 1.45 bits per heavy atom. The minimum atomic E-state index is -1.45. The van der Waals surface area contributed by atoms with E-state index in [0.717, 1.165) is 0 Å². The Labute approximate surface area is 113 Å². The summed E-state index contributed by atoms with van der Waals surface area (Å²) in [6.45, 7) is 0.686. The summed E-state index contributed by atoms with van der Waals surface area (Å²) in [6, 6.07) is 1.79. The predicted molar refractivity (Wildman–Crippen MR) is 68.5 cm³/mol. The largest absolute Gasteiger partial charge is 0.480 e. The minimum absolute atomic E-state index is 0.167. The van der Waals surface area contributed by atoms with Crippen LogP contribution in [0.2, 0.25) is 0 Å². The molecule has 0 aromatic heterocycles. The Bertz CT molecular complexity index is 545. The SMILES string of the molecule is Cc1c(NC(=O)NC(CO)C(=O)O)cccc1[N+](=O)[O-]. The molecule has 0 aliphatic rings. The highest BCUT2D eigenvalue weighted by molar-refractivity contribution is 5.93. The number of urea groups is 1. The van der Waals surface area contributed by atoms with Crippen molar-refractivity contribution in [2.24, 2.45) is 0 Å². The summed E-state index contributed by atoms with van der Waals surface area (Å²) in [5.74, 6) is -1.39. The highest BCUT2D eigenvalue weighted by Gasteiger charge is 2.20. The second kappa shape index (κ2) is 6.48. The van der Waals surface area contributed by atoms with Crippen LogP contribution in [0, 0.1) is 17.0 Å². The molecule has 1 unspecified atom stereocenters. The number of aliphatic hydroxyl groups excluding tert-OH is 1. The first kappa shape index (κ1) is 15.4. The number of carbonyl (C=O) groups is 2. The third-order valence-electron chi connectivity index (χ3n) is 2.54. The van der Waals surface area contributed by atoms with Crippen molar-refractivity contribution in [3.05, 3.63) is 33.9 Å². The molecule has 1 atom stereocenters. The van der Waals surface area contributed by atoms with Gasteiger partial charge in [0.1, 0.15) is 0 Å². The standard InChI is InChI=1S/C11H13N3O6/c1-6-7(3-2-4-9(6)14(19)20)12-11(18)13-8(5-15)10(16)17/h2-4,8,15H,5H2,1H3,(H,16,17)(H2,12,13,18). The molecular weight excluding hydrogens is 270 g/mol. The second-order valence-electron chi connectivity index (χ2n) is 3.88. The number of nitro groups is 1. The maximum Gasteiger partial charge on any atom is 0.328 e. The lowest BCUT2D eigenvalue weighted by Gasteiger charge is -2.13. The number of hydrogen-bond acceptors (Lipinski definition) is 5. The number of hydrogen-bond donors (Lipinski definition) is 4. The third kappa shape index (κ3) is 3.65. The smallest absolute Gasteiger partial charge is 0.328 e. The monoisotopic (exact) mass is 283 g/mol. The predicted octanol–water partition coefficient (Wildman–Crippen LogP) is 0.470. The van der Waals surface area contributed by atoms with Crippen molar-refractivity contribution in [2.75, 3.05) is 11.9 Å². The normalized spacial score (nSPS) is 11.5. The quantitative estimate of drug-likeness (QED) is 0.457. The Balaban J connectivity index is 2.84. The van der Waals surface area contributed by atoms with Gasteiger partial charge in [-0.15, -0.1) is 0 Å². The summed E-state index contributed by atoms with van der Waals surface area (Å²) in [5.41, 5.74) is 0.252. The zero-order valence-electron chi connectivity index (χ0n) is 10.5. The molecule has 0 fully saturated rings. The van der Waals surface area contributed by atoms with Gasteiger partial charge in [-0.25, -0.2) is 9.59 Å². The van der Waals surface area contributed by atoms with Gasteiger partial charge in [-0.1, -0.05) is 6.07 Å². The fourth-order valence-electron chi connectivity index (χ4n) is 1.46. The van der Waals surface area contributed by atoms with Gasteiger partial charge in [-0.3, -0.25) is 10.1 Å². The number of carboxylic acid groups (broad SMARTS) is 1. The molecule has 1 aromatic rings. The lowest BCUT2D eigenvalue weighted by Crippen LogP contribution is -2.45. The average Bonchev–Trinajstić information content (AvgIpc) is 2.37. The van der Waals surface area contributed by atoms with Crippen LogP contribution in [-0.2, 0) is 4.79 Å². The first-order chi connectivity index (χ1) is 9.36. The molecule has 0 radical (unpaired) electrons. The van der Waals surface area contributed by atoms with Crippen LogP contribution in [0.15, 0.2) is 18.2 Å². The lowest BCUT2D eigenvalue weighted by molar-refractivity contribution is -0.385. The second-order valence-corrected chi connectivity index (χ2v) is 3.88. The van der Waals surface area contributed by atoms with Crippen LogP contribution in [0.1, 0.15) is 5.56 Å². The third-order valence-corrected chi connectivity index (χ3v) is 2.54. The molecule has 0 aliphatic heterocycles. The van der Waals surface area contributed by atoms with Gasteiger partial charge >= 0.3 is 12.0 Å². The fraction of sp³-hybridized carbons (Fsp3) is 0.273. The molecule has 0 heterocycles. The van der Waals surface area contributed by atoms with Crippen molar-refractivity contribution >= 4 is 23.4 Å². The van der Waals surface area contributed by atoms with E-state index in [0.29, 0.717) is 0 Å². The summed E-state index contributed by atoms with van der Waals surface area (Å²) < 4.78 is 0. The first-order valence-electron chi connectivity index (χ1n) is 5.52. The van der Waals surface area contributed by atoms with Crippen LogP contribution in [0.5, 0.6) is 0 Å². The van der Waals surface area contributed by atoms with E-state index in [1.165, 1.54) is 25.1 Å². The highest BCUT2D eigenvalue weighted by atomic mass is 16.6. The Kier molecular flexibility index (Phi) is 4.98. The number of carboxylic acids is 1. The van der Waals surface area contributed by atoms with Gasteiger partial charge < -0.3 is 20.8 Å². The summed E-state index contributed by atoms with van der Waals surface area (Å²) in [6.07, 6.45) is 0. The molecule has 9 nitrogen and oxygen atoms in total. The van der Waals surface area contributed by atoms with Crippen molar-refractivity contribution < 1.29 is 24.7 Å². The number of aliphatic hydroxyl groups is 1. The van der Waals surface area contributed by atoms with Gasteiger partial charge in [0.25, 0.3) is 5.69 Å². The van der Waals surface area contributed by atoms with Gasteiger partial charge in [-0.2, -0.15) is 0 Å². The van der Waals surface area contributed by atoms with E-state index in [2.05, 4.69) is 5.32 Å². The number of nitro benzene ring substituents is 1. The molecular formula is C11H13N3O6. The van der Waals surface area contributed by atoms with Gasteiger partial charge in [0.05, 0.1) is 22.8 Å². The average molecular weight is 283 g/mol. The van der Waals surface area contributed by atoms with Crippen LogP contribution >= 0.6 is 0 Å². The van der Waals surface area contributed by atoms with Crippen molar-refractivity contribution in [3.8, 4) is 0 Å². The van der Waals surface area contributed by atoms with E-state index in [1.54, 1.807) is 0 Å². The molecule has 1 aromatic carbocycles. The molecule has 0 spiro atoms. The highest BCUT2D eigenvalue weighted by Crippen LogP contribution is 2.24. The van der Waals surface area contributed by atoms with Gasteiger partial charge in [-0.05, 0) is 13.0 Å². The van der Waals surface area contributed by atoms with Crippen molar-refractivity contribution in [1.29, 1.82) is 0 Å². The number of benzene rings is 1. The lowest BCUT2D eigenvalue weighted by atomic mass is 10.1. The molecule has 9 heteroatoms. The number of rotatable bonds is 5. The van der Waals surface area contributed by atoms with Crippen LogP contribution in [0.25, 0.3) is 0 Å². The zero-order chi connectivity index (χ0) is 15.3. The summed E-state index contributed by atoms with van der Waals surface area (Å²) in [4.78, 5) is 32.3. The van der Waals surface area contributed by atoms with Crippen molar-refractivity contribution in [1.82, 2.24) is 5.32 Å². The molecule has 0 aliphatic carbocycles. The number of amides is 2. The topological polar surface area (TPSA) is 142 Å². The molecule has 4 N–H and O–H groups in total. The molecule has 20 heavy (non-hydrogen) atoms. The van der Waals surface area contributed by atoms with Gasteiger partial charge in [0.15, 0.2) is 6.04 Å². The minimum Gasteiger partial charge on any atom is -0.480 e. The van der Waals surface area contributed by atoms with E-state index < -0.39 is 29.6 Å². The Hall–Kier alpha value is -2.68. The molecule has 1 rings (SSSR count). The van der Waals surface area contributed by atoms with Crippen molar-refractivity contribution in [3.63, 3.8) is 0 Å². The van der Waals surface area contributed by atoms with Crippen molar-refractivity contribution in [2.45, 2.75) is 13.0 Å². The zero-order valence-corrected chi connectivity index (χ0v) is 10.5. The number of carbonyl (C=O) groups excluding carboxylic acids is 1. The van der Waals surface area contributed by atoms with E-state index in [1.807, 2.05) is 5.32 Å². The molecule has 0 saturated heterocycles. The molecule has 0 saturated carbocycles. The molecule has 108 valence electrons. The van der Waals surface area contributed by atoms with Crippen LogP contribution in [0.3, 0.4) is 0 Å². The summed E-state index contributed by atoms with van der Waals surface area (Å²) >= 11 is 0. The fourth-order valence-corrected chi connectivity index (χ4v) is 1.46. The summed E-state index contributed by atoms with van der Waals surface area (Å²) in [5, 5.41) is 32.5. The first-order valence-corrected chi connectivity index (χ1v) is 5.52.